The molecule has 3 N–H and O–H groups in total. The molecule has 2 nitrogen and oxygen atoms in total. The second-order valence-corrected chi connectivity index (χ2v) is 6.45. The third-order valence-corrected chi connectivity index (χ3v) is 3.93. The molecule has 1 aliphatic rings. The molecule has 0 aromatic heterocycles. The van der Waals surface area contributed by atoms with Crippen molar-refractivity contribution in [3.05, 3.63) is 28.8 Å². The summed E-state index contributed by atoms with van der Waals surface area (Å²) in [7, 11) is 0. The van der Waals surface area contributed by atoms with E-state index in [2.05, 4.69) is 26.8 Å². The Morgan fingerprint density at radius 3 is 2.24 bits per heavy atom. The first-order valence-corrected chi connectivity index (χ1v) is 6.37. The van der Waals surface area contributed by atoms with Gasteiger partial charge in [0.1, 0.15) is 5.75 Å². The van der Waals surface area contributed by atoms with Crippen LogP contribution in [0.2, 0.25) is 0 Å². The van der Waals surface area contributed by atoms with Crippen molar-refractivity contribution >= 4 is 0 Å². The monoisotopic (exact) mass is 233 g/mol. The van der Waals surface area contributed by atoms with E-state index in [1.165, 1.54) is 12.0 Å². The topological polar surface area (TPSA) is 46.2 Å². The van der Waals surface area contributed by atoms with Crippen molar-refractivity contribution in [2.24, 2.45) is 5.73 Å². The minimum atomic E-state index is -0.154. The van der Waals surface area contributed by atoms with Gasteiger partial charge in [-0.25, -0.2) is 0 Å². The number of phenolic OH excluding ortho intramolecular Hbond substituents is 1. The molecule has 2 heteroatoms. The van der Waals surface area contributed by atoms with Crippen molar-refractivity contribution in [3.8, 4) is 5.75 Å². The molecule has 0 atom stereocenters. The lowest BCUT2D eigenvalue weighted by atomic mass is 9.71. The molecule has 0 amide bonds. The third-order valence-electron chi connectivity index (χ3n) is 3.93. The van der Waals surface area contributed by atoms with Crippen LogP contribution in [-0.4, -0.2) is 5.11 Å². The maximum absolute atomic E-state index is 10.2. The van der Waals surface area contributed by atoms with Gasteiger partial charge in [-0.2, -0.15) is 0 Å². The Morgan fingerprint density at radius 2 is 1.82 bits per heavy atom. The highest BCUT2D eigenvalue weighted by Gasteiger charge is 2.35. The van der Waals surface area contributed by atoms with Crippen molar-refractivity contribution in [2.75, 3.05) is 0 Å². The molecule has 17 heavy (non-hydrogen) atoms. The van der Waals surface area contributed by atoms with Crippen LogP contribution in [0.25, 0.3) is 0 Å². The molecule has 0 spiro atoms. The Balaban J connectivity index is 2.54. The average molecular weight is 233 g/mol. The van der Waals surface area contributed by atoms with Crippen LogP contribution in [0, 0.1) is 6.92 Å². The maximum atomic E-state index is 10.2. The van der Waals surface area contributed by atoms with Gasteiger partial charge in [0.2, 0.25) is 0 Å². The lowest BCUT2D eigenvalue weighted by molar-refractivity contribution is 0.252. The van der Waals surface area contributed by atoms with Crippen LogP contribution < -0.4 is 5.73 Å². The van der Waals surface area contributed by atoms with Gasteiger partial charge in [-0.15, -0.1) is 0 Å². The van der Waals surface area contributed by atoms with Crippen molar-refractivity contribution in [2.45, 2.75) is 57.9 Å². The van der Waals surface area contributed by atoms with Crippen LogP contribution in [0.5, 0.6) is 5.75 Å². The Bertz CT molecular complexity index is 439. The number of phenols is 1. The van der Waals surface area contributed by atoms with E-state index in [0.29, 0.717) is 5.75 Å². The molecule has 0 aliphatic heterocycles. The van der Waals surface area contributed by atoms with E-state index in [-0.39, 0.29) is 11.0 Å². The molecule has 0 bridgehead atoms. The highest BCUT2D eigenvalue weighted by atomic mass is 16.3. The van der Waals surface area contributed by atoms with E-state index >= 15 is 0 Å². The van der Waals surface area contributed by atoms with Crippen LogP contribution in [0.15, 0.2) is 12.1 Å². The number of hydrogen-bond acceptors (Lipinski definition) is 2. The Morgan fingerprint density at radius 1 is 1.24 bits per heavy atom. The summed E-state index contributed by atoms with van der Waals surface area (Å²) in [6.45, 7) is 8.32. The first kappa shape index (κ1) is 12.4. The third kappa shape index (κ3) is 2.06. The standard InChI is InChI=1S/C15H23NO/c1-10-8-11(15(16)6-5-7-15)9-12(13(10)17)14(2,3)4/h8-9,17H,5-7,16H2,1-4H3. The molecule has 1 aromatic carbocycles. The number of aryl methyl sites for hydroxylation is 1. The van der Waals surface area contributed by atoms with Gasteiger partial charge in [-0.1, -0.05) is 26.8 Å². The first-order chi connectivity index (χ1) is 7.74. The fourth-order valence-electron chi connectivity index (χ4n) is 2.49. The van der Waals surface area contributed by atoms with Gasteiger partial charge in [0.15, 0.2) is 0 Å². The molecule has 0 saturated heterocycles. The SMILES string of the molecule is Cc1cc(C2(N)CCC2)cc(C(C)(C)C)c1O. The molecular formula is C15H23NO. The molecule has 1 aliphatic carbocycles. The smallest absolute Gasteiger partial charge is 0.122 e. The van der Waals surface area contributed by atoms with Gasteiger partial charge in [-0.3, -0.25) is 0 Å². The lowest BCUT2D eigenvalue weighted by Crippen LogP contribution is -2.43. The minimum absolute atomic E-state index is 0.0506. The number of rotatable bonds is 1. The first-order valence-electron chi connectivity index (χ1n) is 6.37. The van der Waals surface area contributed by atoms with E-state index in [9.17, 15) is 5.11 Å². The highest BCUT2D eigenvalue weighted by Crippen LogP contribution is 2.43. The summed E-state index contributed by atoms with van der Waals surface area (Å²) >= 11 is 0. The van der Waals surface area contributed by atoms with Crippen LogP contribution in [0.4, 0.5) is 0 Å². The summed E-state index contributed by atoms with van der Waals surface area (Å²) in [5, 5.41) is 10.2. The number of aromatic hydroxyl groups is 1. The average Bonchev–Trinajstić information content (AvgIpc) is 2.16. The van der Waals surface area contributed by atoms with E-state index in [1.807, 2.05) is 13.0 Å². The van der Waals surface area contributed by atoms with Gasteiger partial charge in [-0.05, 0) is 54.4 Å². The summed E-state index contributed by atoms with van der Waals surface area (Å²) in [6.07, 6.45) is 3.32. The van der Waals surface area contributed by atoms with E-state index in [0.717, 1.165) is 24.0 Å². The fourth-order valence-corrected chi connectivity index (χ4v) is 2.49. The summed E-state index contributed by atoms with van der Waals surface area (Å²) in [5.74, 6) is 0.421. The maximum Gasteiger partial charge on any atom is 0.122 e. The van der Waals surface area contributed by atoms with Gasteiger partial charge in [0.05, 0.1) is 0 Å². The molecular weight excluding hydrogens is 210 g/mol. The number of nitrogens with two attached hydrogens (primary N) is 1. The van der Waals surface area contributed by atoms with Crippen molar-refractivity contribution in [3.63, 3.8) is 0 Å². The molecule has 1 aromatic rings. The van der Waals surface area contributed by atoms with E-state index in [1.54, 1.807) is 0 Å². The second kappa shape index (κ2) is 3.74. The summed E-state index contributed by atoms with van der Waals surface area (Å²) in [6, 6.07) is 4.14. The predicted molar refractivity (Wildman–Crippen MR) is 71.3 cm³/mol. The summed E-state index contributed by atoms with van der Waals surface area (Å²) in [5.41, 5.74) is 9.29. The van der Waals surface area contributed by atoms with Crippen LogP contribution in [-0.2, 0) is 11.0 Å². The molecule has 0 heterocycles. The zero-order valence-corrected chi connectivity index (χ0v) is 11.3. The number of hydrogen-bond donors (Lipinski definition) is 2. The molecule has 2 rings (SSSR count). The molecule has 94 valence electrons. The summed E-state index contributed by atoms with van der Waals surface area (Å²) in [4.78, 5) is 0. The minimum Gasteiger partial charge on any atom is -0.507 e. The zero-order chi connectivity index (χ0) is 12.8. The quantitative estimate of drug-likeness (QED) is 0.781. The van der Waals surface area contributed by atoms with Crippen molar-refractivity contribution in [1.82, 2.24) is 0 Å². The van der Waals surface area contributed by atoms with Gasteiger partial charge in [0, 0.05) is 5.54 Å². The van der Waals surface area contributed by atoms with Crippen LogP contribution in [0.3, 0.4) is 0 Å². The summed E-state index contributed by atoms with van der Waals surface area (Å²) < 4.78 is 0. The van der Waals surface area contributed by atoms with Gasteiger partial charge >= 0.3 is 0 Å². The van der Waals surface area contributed by atoms with Gasteiger partial charge in [0.25, 0.3) is 0 Å². The fraction of sp³-hybridized carbons (Fsp3) is 0.600. The van der Waals surface area contributed by atoms with Crippen LogP contribution in [0.1, 0.15) is 56.7 Å². The second-order valence-electron chi connectivity index (χ2n) is 6.45. The van der Waals surface area contributed by atoms with Crippen molar-refractivity contribution < 1.29 is 5.11 Å². The largest absolute Gasteiger partial charge is 0.507 e. The Hall–Kier alpha value is -1.02. The zero-order valence-electron chi connectivity index (χ0n) is 11.3. The predicted octanol–water partition coefficient (Wildman–Crippen LogP) is 3.34. The number of benzene rings is 1. The van der Waals surface area contributed by atoms with E-state index in [4.69, 9.17) is 5.73 Å². The molecule has 0 unspecified atom stereocenters. The highest BCUT2D eigenvalue weighted by molar-refractivity contribution is 5.48. The lowest BCUT2D eigenvalue weighted by Gasteiger charge is -2.39. The Kier molecular flexibility index (Phi) is 2.74. The Labute approximate surface area is 104 Å². The van der Waals surface area contributed by atoms with Crippen molar-refractivity contribution in [1.29, 1.82) is 0 Å². The van der Waals surface area contributed by atoms with Crippen LogP contribution >= 0.6 is 0 Å². The normalized spacial score (nSPS) is 18.9. The molecule has 1 saturated carbocycles. The van der Waals surface area contributed by atoms with Gasteiger partial charge < -0.3 is 10.8 Å². The molecule has 1 fully saturated rings. The molecule has 0 radical (unpaired) electrons. The van der Waals surface area contributed by atoms with E-state index < -0.39 is 0 Å².